The van der Waals surface area contributed by atoms with Gasteiger partial charge in [-0.25, -0.2) is 4.39 Å². The lowest BCUT2D eigenvalue weighted by Crippen LogP contribution is -2.42. The fraction of sp³-hybridized carbons (Fsp3) is 0.381. The quantitative estimate of drug-likeness (QED) is 0.531. The minimum absolute atomic E-state index is 0.114. The number of amides is 2. The summed E-state index contributed by atoms with van der Waals surface area (Å²) in [7, 11) is 0. The average molecular weight is 428 g/mol. The van der Waals surface area contributed by atoms with Gasteiger partial charge in [0.1, 0.15) is 24.7 Å². The summed E-state index contributed by atoms with van der Waals surface area (Å²) in [6.45, 7) is 4.52. The Bertz CT molecular complexity index is 985. The largest absolute Gasteiger partial charge is 0.467 e. The van der Waals surface area contributed by atoms with Crippen molar-refractivity contribution in [3.05, 3.63) is 54.2 Å². The van der Waals surface area contributed by atoms with E-state index >= 15 is 0 Å². The Kier molecular flexibility index (Phi) is 7.47. The van der Waals surface area contributed by atoms with Crippen LogP contribution >= 0.6 is 0 Å². The molecule has 0 saturated heterocycles. The molecular formula is C21H25FN6O3. The SMILES string of the molecule is CC(C)CCNC(=O)CN(Cc1ccco1)C(=O)Cn1nnc(-c2ccc(F)cc2)n1. The minimum Gasteiger partial charge on any atom is -0.467 e. The van der Waals surface area contributed by atoms with E-state index in [-0.39, 0.29) is 43.1 Å². The number of halogens is 1. The molecule has 3 rings (SSSR count). The van der Waals surface area contributed by atoms with Gasteiger partial charge in [0, 0.05) is 12.1 Å². The van der Waals surface area contributed by atoms with Gasteiger partial charge < -0.3 is 14.6 Å². The lowest BCUT2D eigenvalue weighted by Gasteiger charge is -2.21. The number of hydrogen-bond donors (Lipinski definition) is 1. The molecular weight excluding hydrogens is 403 g/mol. The van der Waals surface area contributed by atoms with Crippen LogP contribution in [0.5, 0.6) is 0 Å². The van der Waals surface area contributed by atoms with E-state index in [1.165, 1.54) is 35.4 Å². The summed E-state index contributed by atoms with van der Waals surface area (Å²) >= 11 is 0. The molecule has 2 heterocycles. The third kappa shape index (κ3) is 6.73. The van der Waals surface area contributed by atoms with Crippen LogP contribution in [0.1, 0.15) is 26.0 Å². The average Bonchev–Trinajstić information content (AvgIpc) is 3.40. The van der Waals surface area contributed by atoms with Crippen LogP contribution in [0.15, 0.2) is 47.1 Å². The Labute approximate surface area is 179 Å². The number of hydrogen-bond acceptors (Lipinski definition) is 6. The van der Waals surface area contributed by atoms with E-state index in [4.69, 9.17) is 4.42 Å². The molecule has 9 nitrogen and oxygen atoms in total. The van der Waals surface area contributed by atoms with Gasteiger partial charge in [0.15, 0.2) is 0 Å². The first-order valence-corrected chi connectivity index (χ1v) is 10.0. The highest BCUT2D eigenvalue weighted by Gasteiger charge is 2.20. The first kappa shape index (κ1) is 22.1. The summed E-state index contributed by atoms with van der Waals surface area (Å²) < 4.78 is 18.4. The number of tetrazole rings is 1. The van der Waals surface area contributed by atoms with E-state index in [1.807, 2.05) is 0 Å². The fourth-order valence-corrected chi connectivity index (χ4v) is 2.80. The van der Waals surface area contributed by atoms with Gasteiger partial charge in [0.2, 0.25) is 17.6 Å². The third-order valence-electron chi connectivity index (χ3n) is 4.49. The van der Waals surface area contributed by atoms with Crippen molar-refractivity contribution in [1.29, 1.82) is 0 Å². The van der Waals surface area contributed by atoms with Crippen LogP contribution in [-0.4, -0.2) is 50.0 Å². The number of nitrogens with zero attached hydrogens (tertiary/aromatic N) is 5. The number of furan rings is 1. The predicted molar refractivity (Wildman–Crippen MR) is 110 cm³/mol. The van der Waals surface area contributed by atoms with Crippen molar-refractivity contribution in [3.8, 4) is 11.4 Å². The van der Waals surface area contributed by atoms with Crippen LogP contribution in [0.4, 0.5) is 4.39 Å². The van der Waals surface area contributed by atoms with Gasteiger partial charge in [-0.3, -0.25) is 9.59 Å². The van der Waals surface area contributed by atoms with Crippen molar-refractivity contribution in [1.82, 2.24) is 30.4 Å². The van der Waals surface area contributed by atoms with Crippen LogP contribution in [0.3, 0.4) is 0 Å². The number of nitrogens with one attached hydrogen (secondary N) is 1. The summed E-state index contributed by atoms with van der Waals surface area (Å²) in [5.74, 6) is 0.317. The van der Waals surface area contributed by atoms with Crippen molar-refractivity contribution in [2.45, 2.75) is 33.4 Å². The predicted octanol–water partition coefficient (Wildman–Crippen LogP) is 2.26. The first-order valence-electron chi connectivity index (χ1n) is 10.0. The van der Waals surface area contributed by atoms with Gasteiger partial charge in [-0.05, 0) is 54.0 Å². The van der Waals surface area contributed by atoms with E-state index in [1.54, 1.807) is 12.1 Å². The fourth-order valence-electron chi connectivity index (χ4n) is 2.80. The normalized spacial score (nSPS) is 11.0. The van der Waals surface area contributed by atoms with E-state index in [9.17, 15) is 14.0 Å². The first-order chi connectivity index (χ1) is 14.9. The molecule has 0 spiro atoms. The summed E-state index contributed by atoms with van der Waals surface area (Å²) in [5.41, 5.74) is 0.581. The Morgan fingerprint density at radius 1 is 1.23 bits per heavy atom. The molecule has 0 aliphatic heterocycles. The standard InChI is InChI=1S/C21H25FN6O3/c1-15(2)9-10-23-19(29)13-27(12-18-4-3-11-31-18)20(30)14-28-25-21(24-26-28)16-5-7-17(22)8-6-16/h3-8,11,15H,9-10,12-14H2,1-2H3,(H,23,29). The topological polar surface area (TPSA) is 106 Å². The molecule has 31 heavy (non-hydrogen) atoms. The Hall–Kier alpha value is -3.56. The molecule has 0 atom stereocenters. The molecule has 0 saturated carbocycles. The highest BCUT2D eigenvalue weighted by Crippen LogP contribution is 2.14. The maximum absolute atomic E-state index is 13.1. The number of carbonyl (C=O) groups excluding carboxylic acids is 2. The molecule has 164 valence electrons. The molecule has 1 N–H and O–H groups in total. The Morgan fingerprint density at radius 3 is 2.68 bits per heavy atom. The van der Waals surface area contributed by atoms with Gasteiger partial charge in [0.25, 0.3) is 0 Å². The number of rotatable bonds is 10. The van der Waals surface area contributed by atoms with Crippen LogP contribution in [0.2, 0.25) is 0 Å². The second-order valence-electron chi connectivity index (χ2n) is 7.51. The van der Waals surface area contributed by atoms with Crippen LogP contribution in [0.25, 0.3) is 11.4 Å². The Balaban J connectivity index is 1.65. The summed E-state index contributed by atoms with van der Waals surface area (Å²) in [5, 5.41) is 14.8. The van der Waals surface area contributed by atoms with Gasteiger partial charge in [0.05, 0.1) is 12.8 Å². The van der Waals surface area contributed by atoms with Crippen LogP contribution in [-0.2, 0) is 22.7 Å². The molecule has 2 amide bonds. The molecule has 10 heteroatoms. The lowest BCUT2D eigenvalue weighted by atomic mass is 10.1. The van der Waals surface area contributed by atoms with Gasteiger partial charge in [-0.15, -0.1) is 10.2 Å². The van der Waals surface area contributed by atoms with Crippen molar-refractivity contribution in [3.63, 3.8) is 0 Å². The van der Waals surface area contributed by atoms with Gasteiger partial charge in [-0.1, -0.05) is 13.8 Å². The maximum Gasteiger partial charge on any atom is 0.247 e. The van der Waals surface area contributed by atoms with Crippen LogP contribution in [0, 0.1) is 11.7 Å². The lowest BCUT2D eigenvalue weighted by molar-refractivity contribution is -0.137. The van der Waals surface area contributed by atoms with Gasteiger partial charge in [-0.2, -0.15) is 4.80 Å². The maximum atomic E-state index is 13.1. The van der Waals surface area contributed by atoms with E-state index in [0.29, 0.717) is 23.8 Å². The second-order valence-corrected chi connectivity index (χ2v) is 7.51. The highest BCUT2D eigenvalue weighted by atomic mass is 19.1. The minimum atomic E-state index is -0.369. The van der Waals surface area contributed by atoms with Crippen molar-refractivity contribution >= 4 is 11.8 Å². The Morgan fingerprint density at radius 2 is 2.00 bits per heavy atom. The number of benzene rings is 1. The summed E-state index contributed by atoms with van der Waals surface area (Å²) in [4.78, 5) is 27.7. The van der Waals surface area contributed by atoms with Crippen LogP contribution < -0.4 is 5.32 Å². The second kappa shape index (κ2) is 10.5. The van der Waals surface area contributed by atoms with Crippen molar-refractivity contribution < 1.29 is 18.4 Å². The van der Waals surface area contributed by atoms with Crippen molar-refractivity contribution in [2.24, 2.45) is 5.92 Å². The summed E-state index contributed by atoms with van der Waals surface area (Å²) in [6, 6.07) is 9.10. The number of aromatic nitrogens is 4. The number of carbonyl (C=O) groups is 2. The van der Waals surface area contributed by atoms with Gasteiger partial charge >= 0.3 is 0 Å². The van der Waals surface area contributed by atoms with E-state index in [0.717, 1.165) is 11.2 Å². The molecule has 3 aromatic rings. The monoisotopic (exact) mass is 428 g/mol. The molecule has 0 fully saturated rings. The zero-order valence-electron chi connectivity index (χ0n) is 17.5. The molecule has 0 aliphatic carbocycles. The molecule has 2 aromatic heterocycles. The zero-order chi connectivity index (χ0) is 22.2. The zero-order valence-corrected chi connectivity index (χ0v) is 17.5. The smallest absolute Gasteiger partial charge is 0.247 e. The summed E-state index contributed by atoms with van der Waals surface area (Å²) in [6.07, 6.45) is 2.36. The molecule has 0 radical (unpaired) electrons. The highest BCUT2D eigenvalue weighted by molar-refractivity contribution is 5.84. The van der Waals surface area contributed by atoms with E-state index in [2.05, 4.69) is 34.6 Å². The van der Waals surface area contributed by atoms with Crippen molar-refractivity contribution in [2.75, 3.05) is 13.1 Å². The molecule has 1 aromatic carbocycles. The van der Waals surface area contributed by atoms with E-state index < -0.39 is 0 Å². The molecule has 0 bridgehead atoms. The molecule has 0 unspecified atom stereocenters. The third-order valence-corrected chi connectivity index (χ3v) is 4.49. The molecule has 0 aliphatic rings.